The molecular formula is C24H26N2O4S. The number of carbonyl (C=O) groups is 1. The summed E-state index contributed by atoms with van der Waals surface area (Å²) < 4.78 is 27.6. The lowest BCUT2D eigenvalue weighted by Gasteiger charge is -2.15. The summed E-state index contributed by atoms with van der Waals surface area (Å²) in [6.45, 7) is 8.71. The highest BCUT2D eigenvalue weighted by molar-refractivity contribution is 7.91. The molecule has 2 aromatic carbocycles. The quantitative estimate of drug-likeness (QED) is 0.655. The Bertz CT molecular complexity index is 1300. The van der Waals surface area contributed by atoms with Gasteiger partial charge in [-0.2, -0.15) is 0 Å². The minimum absolute atomic E-state index is 0.0494. The van der Waals surface area contributed by atoms with Gasteiger partial charge in [0.05, 0.1) is 4.90 Å². The number of benzene rings is 2. The number of nitrogens with one attached hydrogen (secondary N) is 1. The predicted octanol–water partition coefficient (Wildman–Crippen LogP) is 3.86. The second kappa shape index (κ2) is 8.51. The van der Waals surface area contributed by atoms with Crippen LogP contribution in [0.4, 0.5) is 5.69 Å². The van der Waals surface area contributed by atoms with Crippen molar-refractivity contribution < 1.29 is 13.2 Å². The lowest BCUT2D eigenvalue weighted by Crippen LogP contribution is -2.33. The van der Waals surface area contributed by atoms with Crippen molar-refractivity contribution in [3.8, 4) is 0 Å². The first-order chi connectivity index (χ1) is 14.5. The Morgan fingerprint density at radius 2 is 1.45 bits per heavy atom. The molecule has 1 heterocycles. The van der Waals surface area contributed by atoms with Crippen molar-refractivity contribution in [1.29, 1.82) is 0 Å². The van der Waals surface area contributed by atoms with E-state index in [2.05, 4.69) is 5.32 Å². The first-order valence-electron chi connectivity index (χ1n) is 9.90. The van der Waals surface area contributed by atoms with Gasteiger partial charge in [0.25, 0.3) is 5.56 Å². The van der Waals surface area contributed by atoms with Gasteiger partial charge in [-0.3, -0.25) is 9.59 Å². The third kappa shape index (κ3) is 4.77. The van der Waals surface area contributed by atoms with Crippen LogP contribution in [0, 0.1) is 34.6 Å². The number of sulfone groups is 1. The molecule has 0 saturated carbocycles. The molecule has 0 atom stereocenters. The van der Waals surface area contributed by atoms with Gasteiger partial charge in [-0.1, -0.05) is 23.8 Å². The van der Waals surface area contributed by atoms with E-state index in [0.29, 0.717) is 16.9 Å². The molecule has 0 unspecified atom stereocenters. The summed E-state index contributed by atoms with van der Waals surface area (Å²) >= 11 is 0. The standard InChI is InChI=1S/C24H26N2O4S/c1-15-6-8-21(9-7-15)31(29,30)23-18(4)13-19(5)26(24(23)28)14-22(27)25-20-11-16(2)10-17(3)12-20/h6-13H,14H2,1-5H3,(H,25,27). The van der Waals surface area contributed by atoms with E-state index in [-0.39, 0.29) is 16.3 Å². The number of anilines is 1. The zero-order valence-electron chi connectivity index (χ0n) is 18.3. The molecule has 1 aromatic heterocycles. The molecule has 31 heavy (non-hydrogen) atoms. The smallest absolute Gasteiger partial charge is 0.270 e. The summed E-state index contributed by atoms with van der Waals surface area (Å²) in [5.41, 5.74) is 3.73. The Hall–Kier alpha value is -3.19. The minimum Gasteiger partial charge on any atom is -0.325 e. The van der Waals surface area contributed by atoms with Crippen LogP contribution in [0.1, 0.15) is 27.9 Å². The van der Waals surface area contributed by atoms with E-state index in [0.717, 1.165) is 16.7 Å². The van der Waals surface area contributed by atoms with Gasteiger partial charge in [-0.15, -0.1) is 0 Å². The van der Waals surface area contributed by atoms with Crippen LogP contribution >= 0.6 is 0 Å². The van der Waals surface area contributed by atoms with Gasteiger partial charge in [-0.25, -0.2) is 8.42 Å². The molecule has 0 bridgehead atoms. The van der Waals surface area contributed by atoms with Crippen LogP contribution in [0.2, 0.25) is 0 Å². The van der Waals surface area contributed by atoms with E-state index in [9.17, 15) is 18.0 Å². The van der Waals surface area contributed by atoms with Crippen molar-refractivity contribution >= 4 is 21.4 Å². The SMILES string of the molecule is Cc1ccc(S(=O)(=O)c2c(C)cc(C)n(CC(=O)Nc3cc(C)cc(C)c3)c2=O)cc1. The Kier molecular flexibility index (Phi) is 6.18. The van der Waals surface area contributed by atoms with Crippen LogP contribution in [-0.4, -0.2) is 18.9 Å². The van der Waals surface area contributed by atoms with Crippen molar-refractivity contribution in [3.05, 3.63) is 86.8 Å². The monoisotopic (exact) mass is 438 g/mol. The van der Waals surface area contributed by atoms with Crippen LogP contribution < -0.4 is 10.9 Å². The molecule has 0 saturated heterocycles. The van der Waals surface area contributed by atoms with Crippen molar-refractivity contribution in [2.75, 3.05) is 5.32 Å². The minimum atomic E-state index is -4.03. The van der Waals surface area contributed by atoms with Gasteiger partial charge in [0, 0.05) is 11.4 Å². The fraction of sp³-hybridized carbons (Fsp3) is 0.250. The van der Waals surface area contributed by atoms with E-state index in [1.807, 2.05) is 39.0 Å². The van der Waals surface area contributed by atoms with Crippen molar-refractivity contribution in [2.45, 2.75) is 51.0 Å². The summed E-state index contributed by atoms with van der Waals surface area (Å²) in [7, 11) is -4.03. The molecule has 0 spiro atoms. The van der Waals surface area contributed by atoms with Gasteiger partial charge in [0.15, 0.2) is 0 Å². The fourth-order valence-corrected chi connectivity index (χ4v) is 5.21. The topological polar surface area (TPSA) is 85.2 Å². The number of aromatic nitrogens is 1. The summed E-state index contributed by atoms with van der Waals surface area (Å²) in [5, 5.41) is 2.79. The Labute approximate surface area is 182 Å². The van der Waals surface area contributed by atoms with Gasteiger partial charge in [0.2, 0.25) is 15.7 Å². The maximum Gasteiger partial charge on any atom is 0.270 e. The maximum atomic E-state index is 13.2. The molecule has 1 amide bonds. The van der Waals surface area contributed by atoms with Gasteiger partial charge >= 0.3 is 0 Å². The molecule has 162 valence electrons. The number of nitrogens with zero attached hydrogens (tertiary/aromatic N) is 1. The van der Waals surface area contributed by atoms with E-state index >= 15 is 0 Å². The molecule has 1 N–H and O–H groups in total. The van der Waals surface area contributed by atoms with Crippen LogP contribution in [0.15, 0.2) is 63.1 Å². The van der Waals surface area contributed by atoms with E-state index < -0.39 is 21.3 Å². The normalized spacial score (nSPS) is 11.4. The summed E-state index contributed by atoms with van der Waals surface area (Å²) in [6, 6.07) is 13.6. The molecule has 3 rings (SSSR count). The molecule has 6 nitrogen and oxygen atoms in total. The number of aryl methyl sites for hydroxylation is 5. The van der Waals surface area contributed by atoms with Gasteiger partial charge < -0.3 is 9.88 Å². The summed E-state index contributed by atoms with van der Waals surface area (Å²) in [5.74, 6) is -0.405. The largest absolute Gasteiger partial charge is 0.325 e. The number of rotatable bonds is 5. The number of hydrogen-bond donors (Lipinski definition) is 1. The Morgan fingerprint density at radius 3 is 2.03 bits per heavy atom. The van der Waals surface area contributed by atoms with Crippen molar-refractivity contribution in [1.82, 2.24) is 4.57 Å². The highest BCUT2D eigenvalue weighted by Crippen LogP contribution is 2.22. The highest BCUT2D eigenvalue weighted by Gasteiger charge is 2.26. The second-order valence-corrected chi connectivity index (χ2v) is 9.82. The van der Waals surface area contributed by atoms with Crippen molar-refractivity contribution in [2.24, 2.45) is 0 Å². The molecule has 0 radical (unpaired) electrons. The molecule has 3 aromatic rings. The lowest BCUT2D eigenvalue weighted by atomic mass is 10.1. The molecular weight excluding hydrogens is 412 g/mol. The van der Waals surface area contributed by atoms with Crippen LogP contribution in [-0.2, 0) is 21.2 Å². The number of hydrogen-bond acceptors (Lipinski definition) is 4. The Balaban J connectivity index is 2.00. The lowest BCUT2D eigenvalue weighted by molar-refractivity contribution is -0.116. The molecule has 0 aliphatic carbocycles. The summed E-state index contributed by atoms with van der Waals surface area (Å²) in [4.78, 5) is 25.6. The number of carbonyl (C=O) groups excluding carboxylic acids is 1. The molecule has 7 heteroatoms. The number of pyridine rings is 1. The highest BCUT2D eigenvalue weighted by atomic mass is 32.2. The Morgan fingerprint density at radius 1 is 0.871 bits per heavy atom. The third-order valence-corrected chi connectivity index (χ3v) is 6.98. The predicted molar refractivity (Wildman–Crippen MR) is 121 cm³/mol. The number of amides is 1. The van der Waals surface area contributed by atoms with Gasteiger partial charge in [-0.05, 0) is 81.6 Å². The second-order valence-electron chi connectivity index (χ2n) is 7.93. The molecule has 0 aliphatic rings. The van der Waals surface area contributed by atoms with Crippen LogP contribution in [0.5, 0.6) is 0 Å². The maximum absolute atomic E-state index is 13.2. The van der Waals surface area contributed by atoms with E-state index in [1.54, 1.807) is 32.0 Å². The van der Waals surface area contributed by atoms with E-state index in [1.165, 1.54) is 16.7 Å². The van der Waals surface area contributed by atoms with E-state index in [4.69, 9.17) is 0 Å². The average molecular weight is 439 g/mol. The van der Waals surface area contributed by atoms with Crippen LogP contribution in [0.3, 0.4) is 0 Å². The van der Waals surface area contributed by atoms with Crippen molar-refractivity contribution in [3.63, 3.8) is 0 Å². The molecule has 0 fully saturated rings. The first kappa shape index (κ1) is 22.5. The fourth-order valence-electron chi connectivity index (χ4n) is 3.66. The summed E-state index contributed by atoms with van der Waals surface area (Å²) in [6.07, 6.45) is 0. The molecule has 0 aliphatic heterocycles. The zero-order chi connectivity index (χ0) is 22.9. The van der Waals surface area contributed by atoms with Gasteiger partial charge in [0.1, 0.15) is 11.4 Å². The zero-order valence-corrected chi connectivity index (χ0v) is 19.1. The third-order valence-electron chi connectivity index (χ3n) is 5.06. The average Bonchev–Trinajstić information content (AvgIpc) is 2.64. The van der Waals surface area contributed by atoms with Crippen LogP contribution in [0.25, 0.3) is 0 Å². The first-order valence-corrected chi connectivity index (χ1v) is 11.4.